The van der Waals surface area contributed by atoms with Gasteiger partial charge >= 0.3 is 5.97 Å². The standard InChI is InChI=1S/C12H17N3O2/c1-9(2)8-15(3)14-13-11-6-4-10(5-7-11)12(16)17/h4-7,9H,8H2,1-3H3,(H,16,17). The van der Waals surface area contributed by atoms with Crippen LogP contribution in [0.25, 0.3) is 0 Å². The zero-order valence-electron chi connectivity index (χ0n) is 10.3. The molecule has 0 amide bonds. The van der Waals surface area contributed by atoms with E-state index in [-0.39, 0.29) is 5.56 Å². The molecule has 0 fully saturated rings. The lowest BCUT2D eigenvalue weighted by molar-refractivity contribution is 0.0697. The second-order valence-electron chi connectivity index (χ2n) is 4.28. The number of hydrogen-bond donors (Lipinski definition) is 1. The molecule has 0 saturated carbocycles. The van der Waals surface area contributed by atoms with E-state index < -0.39 is 5.97 Å². The van der Waals surface area contributed by atoms with E-state index in [1.807, 2.05) is 7.05 Å². The number of aromatic carboxylic acids is 1. The molecular weight excluding hydrogens is 218 g/mol. The number of rotatable bonds is 5. The molecule has 0 saturated heterocycles. The largest absolute Gasteiger partial charge is 0.478 e. The third kappa shape index (κ3) is 4.63. The van der Waals surface area contributed by atoms with E-state index in [4.69, 9.17) is 5.11 Å². The van der Waals surface area contributed by atoms with Crippen molar-refractivity contribution in [2.45, 2.75) is 13.8 Å². The highest BCUT2D eigenvalue weighted by atomic mass is 16.4. The Morgan fingerprint density at radius 1 is 1.35 bits per heavy atom. The van der Waals surface area contributed by atoms with Gasteiger partial charge in [-0.25, -0.2) is 4.79 Å². The average Bonchev–Trinajstić information content (AvgIpc) is 2.26. The van der Waals surface area contributed by atoms with Crippen molar-refractivity contribution in [3.63, 3.8) is 0 Å². The van der Waals surface area contributed by atoms with Crippen LogP contribution in [-0.4, -0.2) is 29.7 Å². The van der Waals surface area contributed by atoms with Crippen LogP contribution in [0.2, 0.25) is 0 Å². The Balaban J connectivity index is 2.62. The van der Waals surface area contributed by atoms with Gasteiger partial charge in [0.05, 0.1) is 11.3 Å². The van der Waals surface area contributed by atoms with Gasteiger partial charge in [-0.05, 0) is 30.2 Å². The van der Waals surface area contributed by atoms with Crippen LogP contribution in [0.3, 0.4) is 0 Å². The van der Waals surface area contributed by atoms with Crippen LogP contribution in [0.1, 0.15) is 24.2 Å². The molecular formula is C12H17N3O2. The predicted octanol–water partition coefficient (Wildman–Crippen LogP) is 2.97. The Morgan fingerprint density at radius 3 is 2.41 bits per heavy atom. The monoisotopic (exact) mass is 235 g/mol. The van der Waals surface area contributed by atoms with Crippen LogP contribution in [-0.2, 0) is 0 Å². The third-order valence-electron chi connectivity index (χ3n) is 2.06. The molecule has 0 aliphatic carbocycles. The summed E-state index contributed by atoms with van der Waals surface area (Å²) in [7, 11) is 1.86. The van der Waals surface area contributed by atoms with Gasteiger partial charge in [0.1, 0.15) is 0 Å². The summed E-state index contributed by atoms with van der Waals surface area (Å²) in [4.78, 5) is 10.6. The minimum atomic E-state index is -0.939. The molecule has 0 heterocycles. The summed E-state index contributed by atoms with van der Waals surface area (Å²) in [5.74, 6) is -0.418. The molecule has 92 valence electrons. The molecule has 0 spiro atoms. The van der Waals surface area contributed by atoms with Gasteiger partial charge in [-0.1, -0.05) is 19.1 Å². The van der Waals surface area contributed by atoms with Crippen molar-refractivity contribution in [1.29, 1.82) is 0 Å². The molecule has 0 unspecified atom stereocenters. The van der Waals surface area contributed by atoms with Crippen molar-refractivity contribution in [1.82, 2.24) is 5.01 Å². The lowest BCUT2D eigenvalue weighted by atomic mass is 10.2. The van der Waals surface area contributed by atoms with Crippen molar-refractivity contribution in [3.8, 4) is 0 Å². The molecule has 0 radical (unpaired) electrons. The zero-order chi connectivity index (χ0) is 12.8. The van der Waals surface area contributed by atoms with Gasteiger partial charge in [-0.3, -0.25) is 5.01 Å². The molecule has 1 aromatic rings. The average molecular weight is 235 g/mol. The van der Waals surface area contributed by atoms with Crippen molar-refractivity contribution >= 4 is 11.7 Å². The number of nitrogens with zero attached hydrogens (tertiary/aromatic N) is 3. The fraction of sp³-hybridized carbons (Fsp3) is 0.417. The topological polar surface area (TPSA) is 65.3 Å². The molecule has 0 atom stereocenters. The van der Waals surface area contributed by atoms with Crippen LogP contribution >= 0.6 is 0 Å². The van der Waals surface area contributed by atoms with Crippen LogP contribution < -0.4 is 0 Å². The van der Waals surface area contributed by atoms with Gasteiger partial charge in [0, 0.05) is 13.6 Å². The van der Waals surface area contributed by atoms with Crippen molar-refractivity contribution in [2.75, 3.05) is 13.6 Å². The molecule has 1 N–H and O–H groups in total. The maximum atomic E-state index is 10.6. The molecule has 5 nitrogen and oxygen atoms in total. The van der Waals surface area contributed by atoms with Crippen LogP contribution in [0.15, 0.2) is 34.6 Å². The van der Waals surface area contributed by atoms with Crippen LogP contribution in [0.5, 0.6) is 0 Å². The summed E-state index contributed by atoms with van der Waals surface area (Å²) in [6, 6.07) is 6.30. The first-order chi connectivity index (χ1) is 7.99. The van der Waals surface area contributed by atoms with Crippen molar-refractivity contribution in [3.05, 3.63) is 29.8 Å². The quantitative estimate of drug-likeness (QED) is 0.630. The molecule has 0 bridgehead atoms. The molecule has 17 heavy (non-hydrogen) atoms. The Kier molecular flexibility index (Phi) is 4.63. The second-order valence-corrected chi connectivity index (χ2v) is 4.28. The van der Waals surface area contributed by atoms with Gasteiger partial charge in [0.2, 0.25) is 0 Å². The molecule has 1 rings (SSSR count). The normalized spacial score (nSPS) is 11.1. The van der Waals surface area contributed by atoms with Crippen molar-refractivity contribution < 1.29 is 9.90 Å². The van der Waals surface area contributed by atoms with Gasteiger partial charge < -0.3 is 5.11 Å². The summed E-state index contributed by atoms with van der Waals surface area (Å²) < 4.78 is 0. The van der Waals surface area contributed by atoms with E-state index in [1.54, 1.807) is 17.1 Å². The van der Waals surface area contributed by atoms with Gasteiger partial charge in [-0.2, -0.15) is 0 Å². The van der Waals surface area contributed by atoms with Gasteiger partial charge in [-0.15, -0.1) is 5.11 Å². The van der Waals surface area contributed by atoms with E-state index in [0.29, 0.717) is 11.6 Å². The van der Waals surface area contributed by atoms with Gasteiger partial charge in [0.25, 0.3) is 0 Å². The first kappa shape index (κ1) is 13.2. The number of carboxylic acid groups (broad SMARTS) is 1. The zero-order valence-corrected chi connectivity index (χ0v) is 10.3. The van der Waals surface area contributed by atoms with E-state index in [2.05, 4.69) is 24.2 Å². The summed E-state index contributed by atoms with van der Waals surface area (Å²) in [5.41, 5.74) is 0.894. The number of hydrogen-bond acceptors (Lipinski definition) is 3. The summed E-state index contributed by atoms with van der Waals surface area (Å²) in [6.45, 7) is 5.04. The Bertz CT molecular complexity index is 399. The van der Waals surface area contributed by atoms with Crippen LogP contribution in [0, 0.1) is 5.92 Å². The van der Waals surface area contributed by atoms with Gasteiger partial charge in [0.15, 0.2) is 0 Å². The summed E-state index contributed by atoms with van der Waals surface area (Å²) >= 11 is 0. The third-order valence-corrected chi connectivity index (χ3v) is 2.06. The number of benzene rings is 1. The van der Waals surface area contributed by atoms with Crippen molar-refractivity contribution in [2.24, 2.45) is 16.3 Å². The molecule has 0 aliphatic heterocycles. The minimum absolute atomic E-state index is 0.250. The first-order valence-electron chi connectivity index (χ1n) is 5.45. The fourth-order valence-electron chi connectivity index (χ4n) is 1.36. The smallest absolute Gasteiger partial charge is 0.335 e. The summed E-state index contributed by atoms with van der Waals surface area (Å²) in [5, 5.41) is 18.5. The molecule has 5 heteroatoms. The second kappa shape index (κ2) is 5.98. The highest BCUT2D eigenvalue weighted by molar-refractivity contribution is 5.87. The Morgan fingerprint density at radius 2 is 1.94 bits per heavy atom. The Hall–Kier alpha value is -1.91. The number of carboxylic acids is 1. The maximum Gasteiger partial charge on any atom is 0.335 e. The summed E-state index contributed by atoms with van der Waals surface area (Å²) in [6.07, 6.45) is 0. The van der Waals surface area contributed by atoms with E-state index in [1.165, 1.54) is 12.1 Å². The molecule has 1 aromatic carbocycles. The lowest BCUT2D eigenvalue weighted by Gasteiger charge is -2.13. The van der Waals surface area contributed by atoms with E-state index in [0.717, 1.165) is 6.54 Å². The fourth-order valence-corrected chi connectivity index (χ4v) is 1.36. The van der Waals surface area contributed by atoms with E-state index >= 15 is 0 Å². The SMILES string of the molecule is CC(C)CN(C)N=Nc1ccc(C(=O)O)cc1. The first-order valence-corrected chi connectivity index (χ1v) is 5.45. The number of carbonyl (C=O) groups is 1. The van der Waals surface area contributed by atoms with Crippen LogP contribution in [0.4, 0.5) is 5.69 Å². The lowest BCUT2D eigenvalue weighted by Crippen LogP contribution is -2.16. The Labute approximate surface area is 101 Å². The highest BCUT2D eigenvalue weighted by Crippen LogP contribution is 2.14. The predicted molar refractivity (Wildman–Crippen MR) is 65.4 cm³/mol. The highest BCUT2D eigenvalue weighted by Gasteiger charge is 2.01. The molecule has 0 aliphatic rings. The molecule has 0 aromatic heterocycles. The maximum absolute atomic E-state index is 10.6. The minimum Gasteiger partial charge on any atom is -0.478 e. The van der Waals surface area contributed by atoms with E-state index in [9.17, 15) is 4.79 Å².